The van der Waals surface area contributed by atoms with Gasteiger partial charge in [-0.15, -0.1) is 11.3 Å². The molecule has 0 amide bonds. The summed E-state index contributed by atoms with van der Waals surface area (Å²) in [4.78, 5) is 22.7. The van der Waals surface area contributed by atoms with Crippen LogP contribution >= 0.6 is 22.9 Å². The van der Waals surface area contributed by atoms with E-state index in [0.717, 1.165) is 32.0 Å². The number of aryl methyl sites for hydroxylation is 2. The number of hydrogen-bond donors (Lipinski definition) is 2. The van der Waals surface area contributed by atoms with Crippen molar-refractivity contribution in [1.29, 1.82) is 0 Å². The molecule has 170 valence electrons. The largest absolute Gasteiger partial charge is 0.496 e. The Balaban J connectivity index is 1.86. The Kier molecular flexibility index (Phi) is 6.40. The summed E-state index contributed by atoms with van der Waals surface area (Å²) in [5, 5.41) is 13.8. The van der Waals surface area contributed by atoms with Crippen LogP contribution in [-0.4, -0.2) is 34.8 Å². The van der Waals surface area contributed by atoms with Gasteiger partial charge in [0.1, 0.15) is 33.5 Å². The number of nitrogens with zero attached hydrogens (tertiary/aromatic N) is 2. The van der Waals surface area contributed by atoms with Crippen molar-refractivity contribution in [3.8, 4) is 22.6 Å². The number of rotatable bonds is 7. The van der Waals surface area contributed by atoms with Gasteiger partial charge in [0.15, 0.2) is 0 Å². The SMILES string of the molecule is CCOc1ccc(-c2c(C)sc3nc(C)nc(Nc4cc(OC)c(C(=O)O)cc4Cl)c23)cc1. The summed E-state index contributed by atoms with van der Waals surface area (Å²) >= 11 is 8.00. The molecule has 0 radical (unpaired) electrons. The molecule has 2 aromatic carbocycles. The molecule has 0 saturated carbocycles. The molecule has 0 bridgehead atoms. The van der Waals surface area contributed by atoms with E-state index in [9.17, 15) is 9.90 Å². The molecule has 4 rings (SSSR count). The van der Waals surface area contributed by atoms with Crippen molar-refractivity contribution in [2.24, 2.45) is 0 Å². The molecule has 4 aromatic rings. The van der Waals surface area contributed by atoms with E-state index in [0.29, 0.717) is 23.9 Å². The highest BCUT2D eigenvalue weighted by Gasteiger charge is 2.20. The average molecular weight is 484 g/mol. The molecule has 0 aliphatic heterocycles. The topological polar surface area (TPSA) is 93.6 Å². The van der Waals surface area contributed by atoms with Crippen molar-refractivity contribution in [3.05, 3.63) is 57.7 Å². The number of aromatic carboxylic acids is 1. The van der Waals surface area contributed by atoms with E-state index in [-0.39, 0.29) is 16.3 Å². The zero-order chi connectivity index (χ0) is 23.7. The summed E-state index contributed by atoms with van der Waals surface area (Å²) in [6, 6.07) is 10.8. The van der Waals surface area contributed by atoms with Gasteiger partial charge in [-0.2, -0.15) is 0 Å². The molecule has 0 aliphatic carbocycles. The molecule has 0 atom stereocenters. The predicted molar refractivity (Wildman–Crippen MR) is 132 cm³/mol. The van der Waals surface area contributed by atoms with Crippen LogP contribution in [0.3, 0.4) is 0 Å². The number of aromatic nitrogens is 2. The Morgan fingerprint density at radius 2 is 1.91 bits per heavy atom. The molecule has 2 N–H and O–H groups in total. The number of hydrogen-bond acceptors (Lipinski definition) is 7. The fourth-order valence-corrected chi connectivity index (χ4v) is 4.95. The van der Waals surface area contributed by atoms with Gasteiger partial charge in [0.2, 0.25) is 0 Å². The van der Waals surface area contributed by atoms with E-state index >= 15 is 0 Å². The molecule has 0 unspecified atom stereocenters. The van der Waals surface area contributed by atoms with Gasteiger partial charge >= 0.3 is 5.97 Å². The van der Waals surface area contributed by atoms with Crippen LogP contribution in [0.25, 0.3) is 21.3 Å². The summed E-state index contributed by atoms with van der Waals surface area (Å²) < 4.78 is 10.8. The monoisotopic (exact) mass is 483 g/mol. The molecule has 2 aromatic heterocycles. The van der Waals surface area contributed by atoms with Crippen LogP contribution in [0.2, 0.25) is 5.02 Å². The molecular formula is C24H22ClN3O4S. The van der Waals surface area contributed by atoms with Gasteiger partial charge in [0.25, 0.3) is 0 Å². The van der Waals surface area contributed by atoms with Gasteiger partial charge < -0.3 is 19.9 Å². The Morgan fingerprint density at radius 3 is 2.55 bits per heavy atom. The van der Waals surface area contributed by atoms with Crippen molar-refractivity contribution in [1.82, 2.24) is 9.97 Å². The summed E-state index contributed by atoms with van der Waals surface area (Å²) in [6.07, 6.45) is 0. The maximum atomic E-state index is 11.5. The lowest BCUT2D eigenvalue weighted by atomic mass is 10.0. The van der Waals surface area contributed by atoms with Crippen molar-refractivity contribution in [2.45, 2.75) is 20.8 Å². The fraction of sp³-hybridized carbons (Fsp3) is 0.208. The van der Waals surface area contributed by atoms with Crippen molar-refractivity contribution < 1.29 is 19.4 Å². The van der Waals surface area contributed by atoms with Gasteiger partial charge in [-0.3, -0.25) is 0 Å². The number of fused-ring (bicyclic) bond motifs is 1. The average Bonchev–Trinajstić information content (AvgIpc) is 3.11. The van der Waals surface area contributed by atoms with E-state index in [1.54, 1.807) is 17.4 Å². The van der Waals surface area contributed by atoms with Crippen molar-refractivity contribution in [3.63, 3.8) is 0 Å². The number of ether oxygens (including phenoxy) is 2. The van der Waals surface area contributed by atoms with E-state index in [1.807, 2.05) is 38.1 Å². The van der Waals surface area contributed by atoms with Gasteiger partial charge in [-0.25, -0.2) is 14.8 Å². The number of carboxylic acid groups (broad SMARTS) is 1. The van der Waals surface area contributed by atoms with Gasteiger partial charge in [0, 0.05) is 16.5 Å². The number of nitrogens with one attached hydrogen (secondary N) is 1. The minimum absolute atomic E-state index is 0.0153. The fourth-order valence-electron chi connectivity index (χ4n) is 3.65. The van der Waals surface area contributed by atoms with E-state index < -0.39 is 5.97 Å². The first-order valence-corrected chi connectivity index (χ1v) is 11.4. The maximum absolute atomic E-state index is 11.5. The number of thiophene rings is 1. The second-order valence-corrected chi connectivity index (χ2v) is 8.86. The number of carboxylic acids is 1. The van der Waals surface area contributed by atoms with Crippen LogP contribution in [0.4, 0.5) is 11.5 Å². The zero-order valence-electron chi connectivity index (χ0n) is 18.5. The van der Waals surface area contributed by atoms with Crippen molar-refractivity contribution in [2.75, 3.05) is 19.0 Å². The first-order valence-electron chi connectivity index (χ1n) is 10.2. The highest BCUT2D eigenvalue weighted by Crippen LogP contribution is 2.43. The number of benzene rings is 2. The van der Waals surface area contributed by atoms with E-state index in [4.69, 9.17) is 21.1 Å². The van der Waals surface area contributed by atoms with Crippen LogP contribution in [0.1, 0.15) is 28.0 Å². The minimum atomic E-state index is -1.12. The number of carbonyl (C=O) groups is 1. The van der Waals surface area contributed by atoms with E-state index in [2.05, 4.69) is 22.2 Å². The second kappa shape index (κ2) is 9.25. The first kappa shape index (κ1) is 22.8. The Morgan fingerprint density at radius 1 is 1.18 bits per heavy atom. The molecule has 9 heteroatoms. The van der Waals surface area contributed by atoms with Crippen LogP contribution in [0, 0.1) is 13.8 Å². The number of methoxy groups -OCH3 is 1. The van der Waals surface area contributed by atoms with E-state index in [1.165, 1.54) is 13.2 Å². The third-order valence-corrected chi connectivity index (χ3v) is 6.38. The standard InChI is InChI=1S/C24H22ClN3O4S/c1-5-32-15-8-6-14(7-9-15)20-12(2)33-23-21(20)22(26-13(3)27-23)28-18-11-19(31-4)16(24(29)30)10-17(18)25/h6-11H,5H2,1-4H3,(H,29,30)(H,26,27,28). The lowest BCUT2D eigenvalue weighted by Gasteiger charge is -2.14. The smallest absolute Gasteiger partial charge is 0.339 e. The molecular weight excluding hydrogens is 462 g/mol. The van der Waals surface area contributed by atoms with Crippen LogP contribution in [-0.2, 0) is 0 Å². The van der Waals surface area contributed by atoms with Gasteiger partial charge in [0.05, 0.1) is 29.8 Å². The number of anilines is 2. The molecule has 0 aliphatic rings. The molecule has 7 nitrogen and oxygen atoms in total. The quantitative estimate of drug-likeness (QED) is 0.310. The van der Waals surface area contributed by atoms with Crippen LogP contribution in [0.15, 0.2) is 36.4 Å². The minimum Gasteiger partial charge on any atom is -0.496 e. The summed E-state index contributed by atoms with van der Waals surface area (Å²) in [5.74, 6) is 1.07. The first-order chi connectivity index (χ1) is 15.8. The van der Waals surface area contributed by atoms with Crippen molar-refractivity contribution >= 4 is 50.6 Å². The Hall–Kier alpha value is -3.36. The highest BCUT2D eigenvalue weighted by molar-refractivity contribution is 7.19. The van der Waals surface area contributed by atoms with Gasteiger partial charge in [-0.1, -0.05) is 23.7 Å². The third kappa shape index (κ3) is 4.44. The predicted octanol–water partition coefficient (Wildman–Crippen LogP) is 6.48. The summed E-state index contributed by atoms with van der Waals surface area (Å²) in [7, 11) is 1.42. The Bertz CT molecular complexity index is 1350. The normalized spacial score (nSPS) is 10.9. The maximum Gasteiger partial charge on any atom is 0.339 e. The summed E-state index contributed by atoms with van der Waals surface area (Å²) in [5.41, 5.74) is 2.51. The molecule has 0 fully saturated rings. The molecule has 33 heavy (non-hydrogen) atoms. The lowest BCUT2D eigenvalue weighted by Crippen LogP contribution is -2.03. The molecule has 0 spiro atoms. The zero-order valence-corrected chi connectivity index (χ0v) is 20.1. The Labute approximate surface area is 200 Å². The van der Waals surface area contributed by atoms with Crippen LogP contribution < -0.4 is 14.8 Å². The molecule has 2 heterocycles. The van der Waals surface area contributed by atoms with Crippen LogP contribution in [0.5, 0.6) is 11.5 Å². The molecule has 0 saturated heterocycles. The van der Waals surface area contributed by atoms with Gasteiger partial charge in [-0.05, 0) is 44.5 Å². The second-order valence-electron chi connectivity index (χ2n) is 7.25. The number of halogens is 1. The lowest BCUT2D eigenvalue weighted by molar-refractivity contribution is 0.0693. The highest BCUT2D eigenvalue weighted by atomic mass is 35.5. The summed E-state index contributed by atoms with van der Waals surface area (Å²) in [6.45, 7) is 6.43. The third-order valence-electron chi connectivity index (χ3n) is 5.07.